The Labute approximate surface area is 112 Å². The Morgan fingerprint density at radius 3 is 2.65 bits per heavy atom. The molecule has 1 aliphatic heterocycles. The number of ether oxygens (including phenoxy) is 2. The van der Waals surface area contributed by atoms with Gasteiger partial charge in [0.2, 0.25) is 5.95 Å². The normalized spacial score (nSPS) is 15.2. The maximum Gasteiger partial charge on any atom is 0.586 e. The van der Waals surface area contributed by atoms with E-state index in [9.17, 15) is 8.78 Å². The molecule has 0 bridgehead atoms. The summed E-state index contributed by atoms with van der Waals surface area (Å²) in [6, 6.07) is 6.02. The van der Waals surface area contributed by atoms with Crippen LogP contribution in [0.15, 0.2) is 24.3 Å². The van der Waals surface area contributed by atoms with Gasteiger partial charge in [-0.2, -0.15) is 4.98 Å². The van der Waals surface area contributed by atoms with Crippen LogP contribution in [-0.4, -0.2) is 16.3 Å². The molecule has 0 aliphatic carbocycles. The SMILES string of the molecule is Cc1cc(Nc2ccc3c(c2)OC(F)(F)O3)nc(N)n1. The summed E-state index contributed by atoms with van der Waals surface area (Å²) in [7, 11) is 0. The monoisotopic (exact) mass is 280 g/mol. The number of hydrogen-bond acceptors (Lipinski definition) is 6. The quantitative estimate of drug-likeness (QED) is 0.879. The molecule has 2 heterocycles. The van der Waals surface area contributed by atoms with Crippen molar-refractivity contribution in [2.75, 3.05) is 11.1 Å². The van der Waals surface area contributed by atoms with E-state index in [0.717, 1.165) is 0 Å². The Bertz CT molecular complexity index is 658. The van der Waals surface area contributed by atoms with Gasteiger partial charge in [0.15, 0.2) is 11.5 Å². The Hall–Kier alpha value is -2.64. The van der Waals surface area contributed by atoms with Gasteiger partial charge in [-0.3, -0.25) is 0 Å². The Morgan fingerprint density at radius 2 is 1.90 bits per heavy atom. The van der Waals surface area contributed by atoms with Crippen molar-refractivity contribution < 1.29 is 18.3 Å². The standard InChI is InChI=1S/C12H10F2N4O2/c1-6-4-10(18-11(15)16-6)17-7-2-3-8-9(5-7)20-12(13,14)19-8/h2-5H,1H3,(H3,15,16,17,18). The third-order valence-corrected chi connectivity index (χ3v) is 2.55. The number of hydrogen-bond donors (Lipinski definition) is 2. The zero-order valence-corrected chi connectivity index (χ0v) is 10.4. The van der Waals surface area contributed by atoms with Crippen LogP contribution in [0.2, 0.25) is 0 Å². The first-order valence-electron chi connectivity index (χ1n) is 5.69. The van der Waals surface area contributed by atoms with E-state index in [-0.39, 0.29) is 17.4 Å². The summed E-state index contributed by atoms with van der Waals surface area (Å²) >= 11 is 0. The third kappa shape index (κ3) is 2.40. The molecule has 104 valence electrons. The van der Waals surface area contributed by atoms with Crippen molar-refractivity contribution in [1.29, 1.82) is 0 Å². The van der Waals surface area contributed by atoms with E-state index in [1.54, 1.807) is 19.1 Å². The maximum absolute atomic E-state index is 12.9. The molecule has 1 aromatic carbocycles. The summed E-state index contributed by atoms with van der Waals surface area (Å²) in [5, 5.41) is 2.93. The number of benzene rings is 1. The molecule has 2 aromatic rings. The van der Waals surface area contributed by atoms with Gasteiger partial charge in [0.1, 0.15) is 5.82 Å². The summed E-state index contributed by atoms with van der Waals surface area (Å²) in [6.45, 7) is 1.77. The molecule has 6 nitrogen and oxygen atoms in total. The molecule has 0 spiro atoms. The highest BCUT2D eigenvalue weighted by Crippen LogP contribution is 2.42. The molecule has 8 heteroatoms. The number of anilines is 3. The second-order valence-corrected chi connectivity index (χ2v) is 4.21. The van der Waals surface area contributed by atoms with E-state index in [1.807, 2.05) is 0 Å². The minimum atomic E-state index is -3.63. The van der Waals surface area contributed by atoms with Crippen molar-refractivity contribution in [3.05, 3.63) is 30.0 Å². The van der Waals surface area contributed by atoms with Gasteiger partial charge in [-0.15, -0.1) is 8.78 Å². The molecular weight excluding hydrogens is 270 g/mol. The number of nitrogens with zero attached hydrogens (tertiary/aromatic N) is 2. The molecule has 0 amide bonds. The van der Waals surface area contributed by atoms with Crippen LogP contribution in [0.25, 0.3) is 0 Å². The first-order chi connectivity index (χ1) is 9.41. The molecule has 0 atom stereocenters. The molecule has 0 saturated carbocycles. The Kier molecular flexibility index (Phi) is 2.60. The van der Waals surface area contributed by atoms with Crippen LogP contribution < -0.4 is 20.5 Å². The average molecular weight is 280 g/mol. The lowest BCUT2D eigenvalue weighted by Crippen LogP contribution is -2.25. The highest BCUT2D eigenvalue weighted by molar-refractivity contribution is 5.62. The van der Waals surface area contributed by atoms with Crippen LogP contribution in [0, 0.1) is 6.92 Å². The summed E-state index contributed by atoms with van der Waals surface area (Å²) in [5.74, 6) is 0.526. The van der Waals surface area contributed by atoms with Crippen LogP contribution in [0.3, 0.4) is 0 Å². The number of aromatic nitrogens is 2. The molecule has 1 aliphatic rings. The fourth-order valence-electron chi connectivity index (χ4n) is 1.83. The van der Waals surface area contributed by atoms with E-state index in [4.69, 9.17) is 5.73 Å². The molecule has 0 saturated heterocycles. The number of alkyl halides is 2. The van der Waals surface area contributed by atoms with Crippen LogP contribution in [0.4, 0.5) is 26.2 Å². The fraction of sp³-hybridized carbons (Fsp3) is 0.167. The Balaban J connectivity index is 1.86. The van der Waals surface area contributed by atoms with E-state index < -0.39 is 6.29 Å². The van der Waals surface area contributed by atoms with Gasteiger partial charge < -0.3 is 20.5 Å². The van der Waals surface area contributed by atoms with E-state index in [0.29, 0.717) is 17.2 Å². The van der Waals surface area contributed by atoms with Crippen molar-refractivity contribution in [2.45, 2.75) is 13.2 Å². The predicted octanol–water partition coefficient (Wildman–Crippen LogP) is 2.43. The molecule has 0 radical (unpaired) electrons. The van der Waals surface area contributed by atoms with Crippen LogP contribution >= 0.6 is 0 Å². The molecule has 3 rings (SSSR count). The molecule has 0 unspecified atom stereocenters. The second kappa shape index (κ2) is 4.19. The second-order valence-electron chi connectivity index (χ2n) is 4.21. The number of nitrogens with one attached hydrogen (secondary N) is 1. The summed E-state index contributed by atoms with van der Waals surface area (Å²) in [4.78, 5) is 7.92. The lowest BCUT2D eigenvalue weighted by molar-refractivity contribution is -0.286. The van der Waals surface area contributed by atoms with Crippen molar-refractivity contribution >= 4 is 17.5 Å². The minimum absolute atomic E-state index is 0.0149. The van der Waals surface area contributed by atoms with E-state index >= 15 is 0 Å². The summed E-state index contributed by atoms with van der Waals surface area (Å²) in [5.41, 5.74) is 6.74. The van der Waals surface area contributed by atoms with Crippen molar-refractivity contribution in [3.63, 3.8) is 0 Å². The van der Waals surface area contributed by atoms with Gasteiger partial charge in [0.05, 0.1) is 0 Å². The molecule has 1 aromatic heterocycles. The fourth-order valence-corrected chi connectivity index (χ4v) is 1.83. The number of aryl methyl sites for hydroxylation is 1. The zero-order chi connectivity index (χ0) is 14.3. The Morgan fingerprint density at radius 1 is 1.15 bits per heavy atom. The predicted molar refractivity (Wildman–Crippen MR) is 67.1 cm³/mol. The molecule has 0 fully saturated rings. The number of rotatable bonds is 2. The molecule has 3 N–H and O–H groups in total. The van der Waals surface area contributed by atoms with Crippen molar-refractivity contribution in [1.82, 2.24) is 9.97 Å². The van der Waals surface area contributed by atoms with Gasteiger partial charge in [0, 0.05) is 23.5 Å². The van der Waals surface area contributed by atoms with Gasteiger partial charge in [-0.1, -0.05) is 0 Å². The smallest absolute Gasteiger partial charge is 0.395 e. The molecular formula is C12H10F2N4O2. The van der Waals surface area contributed by atoms with E-state index in [1.165, 1.54) is 12.1 Å². The van der Waals surface area contributed by atoms with Gasteiger partial charge in [0.25, 0.3) is 0 Å². The lowest BCUT2D eigenvalue weighted by Gasteiger charge is -2.07. The summed E-state index contributed by atoms with van der Waals surface area (Å²) < 4.78 is 34.5. The van der Waals surface area contributed by atoms with Gasteiger partial charge in [-0.05, 0) is 19.1 Å². The first kappa shape index (κ1) is 12.4. The number of nitrogens with two attached hydrogens (primary N) is 1. The lowest BCUT2D eigenvalue weighted by atomic mass is 10.2. The first-order valence-corrected chi connectivity index (χ1v) is 5.69. The highest BCUT2D eigenvalue weighted by atomic mass is 19.3. The van der Waals surface area contributed by atoms with Gasteiger partial charge in [-0.25, -0.2) is 4.98 Å². The average Bonchev–Trinajstić information content (AvgIpc) is 2.60. The van der Waals surface area contributed by atoms with Crippen LogP contribution in [-0.2, 0) is 0 Å². The van der Waals surface area contributed by atoms with E-state index in [2.05, 4.69) is 24.8 Å². The summed E-state index contributed by atoms with van der Waals surface area (Å²) in [6.07, 6.45) is -3.63. The number of halogens is 2. The largest absolute Gasteiger partial charge is 0.586 e. The highest BCUT2D eigenvalue weighted by Gasteiger charge is 2.43. The van der Waals surface area contributed by atoms with Crippen molar-refractivity contribution in [2.24, 2.45) is 0 Å². The third-order valence-electron chi connectivity index (χ3n) is 2.55. The topological polar surface area (TPSA) is 82.3 Å². The van der Waals surface area contributed by atoms with Crippen LogP contribution in [0.1, 0.15) is 5.69 Å². The zero-order valence-electron chi connectivity index (χ0n) is 10.4. The maximum atomic E-state index is 12.9. The molecule has 20 heavy (non-hydrogen) atoms. The van der Waals surface area contributed by atoms with Crippen LogP contribution in [0.5, 0.6) is 11.5 Å². The van der Waals surface area contributed by atoms with Crippen molar-refractivity contribution in [3.8, 4) is 11.5 Å². The number of nitrogen functional groups attached to an aromatic ring is 1. The minimum Gasteiger partial charge on any atom is -0.395 e. The number of fused-ring (bicyclic) bond motifs is 1. The van der Waals surface area contributed by atoms with Gasteiger partial charge >= 0.3 is 6.29 Å².